The summed E-state index contributed by atoms with van der Waals surface area (Å²) in [4.78, 5) is 153. The van der Waals surface area contributed by atoms with E-state index in [2.05, 4.69) is 16.0 Å². The third kappa shape index (κ3) is 24.8. The van der Waals surface area contributed by atoms with Gasteiger partial charge in [-0.15, -0.1) is 34.5 Å². The van der Waals surface area contributed by atoms with Gasteiger partial charge in [-0.1, -0.05) is 74.5 Å². The highest BCUT2D eigenvalue weighted by Gasteiger charge is 2.49. The van der Waals surface area contributed by atoms with E-state index in [1.165, 1.54) is 56.4 Å². The van der Waals surface area contributed by atoms with E-state index < -0.39 is 90.5 Å². The number of aliphatic hydroxyl groups excluding tert-OH is 3. The maximum absolute atomic E-state index is 14.9. The summed E-state index contributed by atoms with van der Waals surface area (Å²) in [5, 5.41) is 51.8. The van der Waals surface area contributed by atoms with Crippen LogP contribution in [0.15, 0.2) is 97.1 Å². The number of thiophene rings is 1. The number of carboxylic acid groups (broad SMARTS) is 1. The van der Waals surface area contributed by atoms with Gasteiger partial charge in [-0.3, -0.25) is 38.5 Å². The Morgan fingerprint density at radius 2 is 1.17 bits per heavy atom. The van der Waals surface area contributed by atoms with Gasteiger partial charge in [0.25, 0.3) is 11.8 Å². The predicted octanol–water partition coefficient (Wildman–Crippen LogP) is 7.07. The molecule has 34 nitrogen and oxygen atoms in total. The van der Waals surface area contributed by atoms with Crippen molar-refractivity contribution >= 4 is 150 Å². The second kappa shape index (κ2) is 45.7. The minimum absolute atomic E-state index is 0.00249. The molecule has 2 fully saturated rings. The normalized spacial score (nSPS) is 19.2. The van der Waals surface area contributed by atoms with Gasteiger partial charge < -0.3 is 109 Å². The van der Waals surface area contributed by atoms with Crippen LogP contribution in [0.5, 0.6) is 11.5 Å². The van der Waals surface area contributed by atoms with E-state index in [4.69, 9.17) is 76.3 Å². The molecule has 4 aliphatic rings. The molecule has 5 heterocycles. The Kier molecular flexibility index (Phi) is 35.4. The number of ether oxygens (including phenoxy) is 10. The van der Waals surface area contributed by atoms with Crippen molar-refractivity contribution in [3.05, 3.63) is 124 Å². The Morgan fingerprint density at radius 1 is 0.661 bits per heavy atom. The SMILES string of the molecule is CSC1CC(=O)N(CCOCCOCCOCCOCCOCCOCCC(=O)N[C@H](C(=O)C[C@@H](CCCNC(N)=O)C(=O)Nc2ccc(COC(=O)N(C)CCN(C)C(=O)Oc3cc4c(c5ccccc35)[C@H](CCl)CN4C(=O)c3ccc(C(=O)N4C[C@@H](CCl)c5c4cc(O[C@@H]4OC(C(=O)O)[C@@H](O)C(O)[C@@H]4O)c4ccccc54)s3)cc2)C(C)C)C1=O. The summed E-state index contributed by atoms with van der Waals surface area (Å²) in [6.07, 6.45) is -8.68. The van der Waals surface area contributed by atoms with Crippen LogP contribution in [0.25, 0.3) is 21.5 Å². The van der Waals surface area contributed by atoms with Gasteiger partial charge in [0.2, 0.25) is 29.9 Å². The van der Waals surface area contributed by atoms with Crippen molar-refractivity contribution in [3.63, 3.8) is 0 Å². The second-order valence-corrected chi connectivity index (χ2v) is 32.3. The average Bonchev–Trinajstić information content (AvgIpc) is 1.62. The first-order chi connectivity index (χ1) is 58.2. The molecule has 6 aromatic rings. The van der Waals surface area contributed by atoms with E-state index >= 15 is 0 Å². The fraction of sp³-hybridized carbons (Fsp3) is 0.506. The quantitative estimate of drug-likeness (QED) is 0.0107. The molecule has 0 radical (unpaired) electrons. The summed E-state index contributed by atoms with van der Waals surface area (Å²) in [6, 6.07) is 25.3. The molecule has 10 atom stereocenters. The number of carboxylic acids is 1. The number of fused-ring (bicyclic) bond motifs is 6. The standard InChI is InChI=1S/C83H103Cl2N9O25S2/c1-48(2)70(89-66(96)22-27-110-29-31-112-33-35-114-37-38-115-36-34-113-32-30-111-28-26-92-67(97)42-65(120-5)78(92)104)60(95)39-50(11-10-23-87-81(86)107)75(101)88-53-18-16-49(17-19-53)47-116-82(108)90(3)24-25-91(4)83(109)118-62-41-59-69(57-15-9-7-13-55(57)62)52(44-85)46-94(59)77(103)64-21-20-63(121-64)76(102)93-45-51(43-84)68-56-14-8-6-12-54(56)61(40-58(68)93)117-80-73(100)71(98)72(99)74(119-80)79(105)106/h6-9,12-21,40-41,48,50-52,65,70-74,80,98-100H,10-11,22-39,42-47H2,1-5H3,(H,88,101)(H,89,96)(H,105,106)(H3,86,87,107)/t50-,51-,52-,65?,70+,71?,72+,73+,74?,80-/m1/s1. The Balaban J connectivity index is 0.647. The zero-order valence-electron chi connectivity index (χ0n) is 67.7. The molecular formula is C83H103Cl2N9O25S2. The largest absolute Gasteiger partial charge is 0.479 e. The van der Waals surface area contributed by atoms with Crippen molar-refractivity contribution in [1.82, 2.24) is 25.3 Å². The lowest BCUT2D eigenvalue weighted by molar-refractivity contribution is -0.270. The molecule has 5 aromatic carbocycles. The van der Waals surface area contributed by atoms with Crippen LogP contribution in [0.2, 0.25) is 0 Å². The lowest BCUT2D eigenvalue weighted by Crippen LogP contribution is -2.61. The highest BCUT2D eigenvalue weighted by Crippen LogP contribution is 2.49. The summed E-state index contributed by atoms with van der Waals surface area (Å²) in [5.74, 6) is -5.66. The van der Waals surface area contributed by atoms with Crippen LogP contribution in [0.1, 0.15) is 93.8 Å². The minimum Gasteiger partial charge on any atom is -0.479 e. The second-order valence-electron chi connectivity index (χ2n) is 29.5. The van der Waals surface area contributed by atoms with Gasteiger partial charge in [0, 0.05) is 124 Å². The summed E-state index contributed by atoms with van der Waals surface area (Å²) in [6.45, 7) is 7.57. The number of thioether (sulfide) groups is 1. The number of nitrogens with two attached hydrogens (primary N) is 1. The Morgan fingerprint density at radius 3 is 1.69 bits per heavy atom. The van der Waals surface area contributed by atoms with Crippen LogP contribution >= 0.6 is 46.3 Å². The highest BCUT2D eigenvalue weighted by molar-refractivity contribution is 8.00. The smallest absolute Gasteiger partial charge is 0.415 e. The Bertz CT molecular complexity index is 4620. The van der Waals surface area contributed by atoms with Crippen LogP contribution in [0, 0.1) is 11.8 Å². The maximum Gasteiger partial charge on any atom is 0.415 e. The number of benzene rings is 5. The molecule has 2 saturated heterocycles. The Hall–Kier alpha value is -9.38. The molecule has 3 unspecified atom stereocenters. The van der Waals surface area contributed by atoms with Gasteiger partial charge in [0.1, 0.15) is 36.4 Å². The lowest BCUT2D eigenvalue weighted by Gasteiger charge is -2.38. The van der Waals surface area contributed by atoms with E-state index in [1.807, 2.05) is 18.4 Å². The number of aliphatic hydroxyl groups is 3. The van der Waals surface area contributed by atoms with Crippen molar-refractivity contribution in [2.24, 2.45) is 17.6 Å². The van der Waals surface area contributed by atoms with Crippen molar-refractivity contribution in [3.8, 4) is 11.5 Å². The number of imide groups is 1. The zero-order chi connectivity index (χ0) is 87.0. The van der Waals surface area contributed by atoms with Gasteiger partial charge >= 0.3 is 24.2 Å². The number of likely N-dealkylation sites (N-methyl/N-ethyl adjacent to an activating group) is 2. The first-order valence-corrected chi connectivity index (χ1v) is 42.8. The van der Waals surface area contributed by atoms with Gasteiger partial charge in [-0.2, -0.15) is 11.8 Å². The number of halogens is 2. The fourth-order valence-electron chi connectivity index (χ4n) is 14.3. The van der Waals surface area contributed by atoms with Crippen molar-refractivity contribution < 1.29 is 121 Å². The van der Waals surface area contributed by atoms with Crippen LogP contribution in [-0.4, -0.2) is 293 Å². The number of Topliss-reactive ketones (excluding diaryl/α,β-unsaturated/α-hetero) is 1. The molecule has 0 bridgehead atoms. The number of amides is 10. The number of nitrogens with one attached hydrogen (secondary N) is 3. The third-order valence-electron chi connectivity index (χ3n) is 20.8. The van der Waals surface area contributed by atoms with Crippen LogP contribution in [0.4, 0.5) is 31.4 Å². The number of nitrogens with zero attached hydrogens (tertiary/aromatic N) is 5. The third-order valence-corrected chi connectivity index (χ3v) is 23.6. The zero-order valence-corrected chi connectivity index (χ0v) is 70.9. The molecule has 9 N–H and O–H groups in total. The molecule has 1 aromatic heterocycles. The first kappa shape index (κ1) is 93.9. The fourth-order valence-corrected chi connectivity index (χ4v) is 16.4. The number of hydrogen-bond donors (Lipinski definition) is 8. The summed E-state index contributed by atoms with van der Waals surface area (Å²) >= 11 is 15.6. The number of carbonyl (C=O) groups is 11. The number of urea groups is 1. The number of aliphatic carboxylic acids is 1. The van der Waals surface area contributed by atoms with Crippen molar-refractivity contribution in [2.45, 2.75) is 106 Å². The Labute approximate surface area is 717 Å². The maximum atomic E-state index is 14.9. The number of ketones is 1. The molecule has 38 heteroatoms. The molecule has 4 aliphatic heterocycles. The number of primary amides is 1. The lowest BCUT2D eigenvalue weighted by atomic mass is 9.89. The predicted molar refractivity (Wildman–Crippen MR) is 449 cm³/mol. The number of alkyl halides is 2. The molecule has 656 valence electrons. The summed E-state index contributed by atoms with van der Waals surface area (Å²) < 4.78 is 56.5. The molecule has 0 aliphatic carbocycles. The topological polar surface area (TPSA) is 439 Å². The minimum atomic E-state index is -1.96. The number of likely N-dealkylation sites (tertiary alicyclic amines) is 1. The number of rotatable bonds is 46. The van der Waals surface area contributed by atoms with Gasteiger partial charge in [0.15, 0.2) is 11.9 Å². The highest BCUT2D eigenvalue weighted by atomic mass is 35.5. The van der Waals surface area contributed by atoms with Gasteiger partial charge in [-0.05, 0) is 76.7 Å². The number of anilines is 3. The molecule has 10 amide bonds. The van der Waals surface area contributed by atoms with Crippen molar-refractivity contribution in [2.75, 3.05) is 166 Å². The van der Waals surface area contributed by atoms with E-state index in [0.717, 1.165) is 16.9 Å². The molecular weight excluding hydrogens is 1660 g/mol. The van der Waals surface area contributed by atoms with E-state index in [0.29, 0.717) is 109 Å². The summed E-state index contributed by atoms with van der Waals surface area (Å²) in [5.41, 5.74) is 8.50. The molecule has 121 heavy (non-hydrogen) atoms. The monoisotopic (exact) mass is 1760 g/mol. The van der Waals surface area contributed by atoms with Crippen molar-refractivity contribution in [1.29, 1.82) is 0 Å². The molecule has 10 rings (SSSR count). The summed E-state index contributed by atoms with van der Waals surface area (Å²) in [7, 11) is 2.99. The number of carbonyl (C=O) groups excluding carboxylic acids is 10. The van der Waals surface area contributed by atoms with Crippen LogP contribution < -0.4 is 41.0 Å². The average molecular weight is 1760 g/mol. The van der Waals surface area contributed by atoms with E-state index in [-0.39, 0.29) is 172 Å². The molecule has 0 spiro atoms. The van der Waals surface area contributed by atoms with Gasteiger partial charge in [0.05, 0.1) is 118 Å². The van der Waals surface area contributed by atoms with Crippen LogP contribution in [-0.2, 0) is 73.3 Å². The van der Waals surface area contributed by atoms with E-state index in [1.54, 1.807) is 92.7 Å². The van der Waals surface area contributed by atoms with Crippen LogP contribution in [0.3, 0.4) is 0 Å². The van der Waals surface area contributed by atoms with Gasteiger partial charge in [-0.25, -0.2) is 19.2 Å². The van der Waals surface area contributed by atoms with E-state index in [9.17, 15) is 73.2 Å². The number of hydrogen-bond acceptors (Lipinski definition) is 26. The molecule has 0 saturated carbocycles. The first-order valence-electron chi connectivity index (χ1n) is 39.7.